The quantitative estimate of drug-likeness (QED) is 0.611. The Morgan fingerprint density at radius 3 is 2.73 bits per heavy atom. The van der Waals surface area contributed by atoms with E-state index >= 15 is 0 Å². The van der Waals surface area contributed by atoms with Crippen molar-refractivity contribution in [3.05, 3.63) is 28.7 Å². The first-order valence-corrected chi connectivity index (χ1v) is 7.90. The number of allylic oxidation sites excluding steroid dienone is 1. The fourth-order valence-electron chi connectivity index (χ4n) is 2.17. The van der Waals surface area contributed by atoms with Gasteiger partial charge in [-0.3, -0.25) is 4.90 Å². The van der Waals surface area contributed by atoms with Gasteiger partial charge in [0, 0.05) is 18.5 Å². The van der Waals surface area contributed by atoms with Crippen molar-refractivity contribution >= 4 is 23.5 Å². The van der Waals surface area contributed by atoms with Crippen molar-refractivity contribution in [3.8, 4) is 0 Å². The number of anilines is 1. The molecule has 1 aromatic rings. The Morgan fingerprint density at radius 1 is 1.36 bits per heavy atom. The second-order valence-electron chi connectivity index (χ2n) is 6.25. The number of hydrogen-bond acceptors (Lipinski definition) is 4. The van der Waals surface area contributed by atoms with Crippen LogP contribution in [0, 0.1) is 0 Å². The number of hydrogen-bond donors (Lipinski definition) is 0. The van der Waals surface area contributed by atoms with Gasteiger partial charge in [0.15, 0.2) is 0 Å². The lowest BCUT2D eigenvalue weighted by atomic mass is 10.2. The van der Waals surface area contributed by atoms with Crippen LogP contribution in [0.15, 0.2) is 12.2 Å². The number of aryl methyl sites for hydroxylation is 1. The number of nitrogens with zero attached hydrogens (tertiary/aromatic N) is 3. The highest BCUT2D eigenvalue weighted by molar-refractivity contribution is 6.30. The fourth-order valence-corrected chi connectivity index (χ4v) is 2.43. The van der Waals surface area contributed by atoms with Crippen LogP contribution in [-0.2, 0) is 17.6 Å². The van der Waals surface area contributed by atoms with Gasteiger partial charge in [-0.1, -0.05) is 30.7 Å². The molecule has 0 saturated carbocycles. The number of aromatic nitrogens is 2. The van der Waals surface area contributed by atoms with Crippen molar-refractivity contribution in [2.75, 3.05) is 11.4 Å². The zero-order chi connectivity index (χ0) is 16.3. The van der Waals surface area contributed by atoms with Crippen LogP contribution in [0.2, 0.25) is 5.15 Å². The van der Waals surface area contributed by atoms with E-state index < -0.39 is 11.7 Å². The number of fused-ring (bicyclic) bond motifs is 1. The van der Waals surface area contributed by atoms with Gasteiger partial charge >= 0.3 is 6.09 Å². The summed E-state index contributed by atoms with van der Waals surface area (Å²) in [6, 6.07) is 0. The molecule has 0 atom stereocenters. The van der Waals surface area contributed by atoms with E-state index in [4.69, 9.17) is 16.3 Å². The average Bonchev–Trinajstić information content (AvgIpc) is 2.59. The summed E-state index contributed by atoms with van der Waals surface area (Å²) in [6.07, 6.45) is 5.72. The second-order valence-corrected chi connectivity index (χ2v) is 6.61. The molecule has 2 heterocycles. The van der Waals surface area contributed by atoms with Gasteiger partial charge in [-0.15, -0.1) is 0 Å². The third-order valence-electron chi connectivity index (χ3n) is 3.10. The molecule has 0 bridgehead atoms. The first-order chi connectivity index (χ1) is 10.3. The number of rotatable bonds is 2. The Bertz CT molecular complexity index is 594. The highest BCUT2D eigenvalue weighted by Gasteiger charge is 2.28. The molecule has 1 aliphatic rings. The van der Waals surface area contributed by atoms with Crippen molar-refractivity contribution in [3.63, 3.8) is 0 Å². The molecule has 0 fully saturated rings. The van der Waals surface area contributed by atoms with Crippen LogP contribution in [0.1, 0.15) is 45.5 Å². The molecule has 0 N–H and O–H groups in total. The van der Waals surface area contributed by atoms with Gasteiger partial charge < -0.3 is 4.74 Å². The standard InChI is InChI=1S/C16H22ClN3O2/c1-5-8-12-18-13(17)11-9-6-7-10-20(14(11)19-12)15(21)22-16(2,3)4/h6-7H,5,8-10H2,1-4H3. The van der Waals surface area contributed by atoms with E-state index in [-0.39, 0.29) is 0 Å². The molecule has 0 aliphatic carbocycles. The summed E-state index contributed by atoms with van der Waals surface area (Å²) in [4.78, 5) is 22.9. The molecule has 6 heteroatoms. The van der Waals surface area contributed by atoms with Gasteiger partial charge in [0.2, 0.25) is 0 Å². The molecule has 0 spiro atoms. The van der Waals surface area contributed by atoms with E-state index in [2.05, 4.69) is 16.9 Å². The van der Waals surface area contributed by atoms with Gasteiger partial charge in [0.25, 0.3) is 0 Å². The molecule has 0 unspecified atom stereocenters. The normalized spacial score (nSPS) is 14.5. The van der Waals surface area contributed by atoms with Crippen LogP contribution in [0.3, 0.4) is 0 Å². The van der Waals surface area contributed by atoms with Gasteiger partial charge in [0.05, 0.1) is 0 Å². The third kappa shape index (κ3) is 3.97. The summed E-state index contributed by atoms with van der Waals surface area (Å²) in [5, 5.41) is 0.411. The number of carbonyl (C=O) groups is 1. The smallest absolute Gasteiger partial charge is 0.416 e. The van der Waals surface area contributed by atoms with Gasteiger partial charge in [0.1, 0.15) is 22.4 Å². The first kappa shape index (κ1) is 16.7. The van der Waals surface area contributed by atoms with Crippen molar-refractivity contribution in [2.45, 2.75) is 52.6 Å². The van der Waals surface area contributed by atoms with E-state index in [9.17, 15) is 4.79 Å². The molecule has 22 heavy (non-hydrogen) atoms. The minimum Gasteiger partial charge on any atom is -0.443 e. The number of halogens is 1. The number of amides is 1. The molecule has 1 aromatic heterocycles. The van der Waals surface area contributed by atoms with E-state index in [0.717, 1.165) is 18.4 Å². The van der Waals surface area contributed by atoms with Crippen LogP contribution in [-0.4, -0.2) is 28.2 Å². The Hall–Kier alpha value is -1.62. The van der Waals surface area contributed by atoms with Gasteiger partial charge in [-0.2, -0.15) is 0 Å². The lowest BCUT2D eigenvalue weighted by molar-refractivity contribution is 0.0583. The lowest BCUT2D eigenvalue weighted by Gasteiger charge is -2.26. The Labute approximate surface area is 136 Å². The zero-order valence-electron chi connectivity index (χ0n) is 13.5. The highest BCUT2D eigenvalue weighted by atomic mass is 35.5. The molecule has 1 aliphatic heterocycles. The molecule has 0 radical (unpaired) electrons. The SMILES string of the molecule is CCCc1nc(Cl)c2c(n1)N(C(=O)OC(C)(C)C)CC=CC2. The minimum absolute atomic E-state index is 0.411. The van der Waals surface area contributed by atoms with Gasteiger partial charge in [-0.05, 0) is 33.6 Å². The summed E-state index contributed by atoms with van der Waals surface area (Å²) in [7, 11) is 0. The molecule has 120 valence electrons. The second kappa shape index (κ2) is 6.65. The topological polar surface area (TPSA) is 55.3 Å². The summed E-state index contributed by atoms with van der Waals surface area (Å²) in [5.74, 6) is 1.21. The maximum absolute atomic E-state index is 12.5. The third-order valence-corrected chi connectivity index (χ3v) is 3.41. The summed E-state index contributed by atoms with van der Waals surface area (Å²) < 4.78 is 5.48. The van der Waals surface area contributed by atoms with E-state index in [0.29, 0.717) is 29.8 Å². The Morgan fingerprint density at radius 2 is 2.09 bits per heavy atom. The Kier molecular flexibility index (Phi) is 5.06. The lowest BCUT2D eigenvalue weighted by Crippen LogP contribution is -2.38. The maximum Gasteiger partial charge on any atom is 0.416 e. The fraction of sp³-hybridized carbons (Fsp3) is 0.562. The van der Waals surface area contributed by atoms with Crippen LogP contribution in [0.5, 0.6) is 0 Å². The molecule has 2 rings (SSSR count). The van der Waals surface area contributed by atoms with Crippen LogP contribution >= 0.6 is 11.6 Å². The predicted octanol–water partition coefficient (Wildman–Crippen LogP) is 3.94. The predicted molar refractivity (Wildman–Crippen MR) is 87.5 cm³/mol. The largest absolute Gasteiger partial charge is 0.443 e. The minimum atomic E-state index is -0.559. The van der Waals surface area contributed by atoms with Crippen molar-refractivity contribution in [1.82, 2.24) is 9.97 Å². The van der Waals surface area contributed by atoms with Gasteiger partial charge in [-0.25, -0.2) is 14.8 Å². The molecule has 1 amide bonds. The van der Waals surface area contributed by atoms with Crippen LogP contribution in [0.25, 0.3) is 0 Å². The first-order valence-electron chi connectivity index (χ1n) is 7.52. The zero-order valence-corrected chi connectivity index (χ0v) is 14.3. The summed E-state index contributed by atoms with van der Waals surface area (Å²) in [5.41, 5.74) is 0.206. The molecular weight excluding hydrogens is 302 g/mol. The number of carbonyl (C=O) groups excluding carboxylic acids is 1. The monoisotopic (exact) mass is 323 g/mol. The van der Waals surface area contributed by atoms with E-state index in [1.807, 2.05) is 32.9 Å². The van der Waals surface area contributed by atoms with Crippen LogP contribution in [0.4, 0.5) is 10.6 Å². The highest BCUT2D eigenvalue weighted by Crippen LogP contribution is 2.29. The molecule has 0 saturated heterocycles. The van der Waals surface area contributed by atoms with Crippen molar-refractivity contribution in [2.24, 2.45) is 0 Å². The Balaban J connectivity index is 2.42. The van der Waals surface area contributed by atoms with Crippen molar-refractivity contribution in [1.29, 1.82) is 0 Å². The summed E-state index contributed by atoms with van der Waals surface area (Å²) in [6.45, 7) is 8.00. The van der Waals surface area contributed by atoms with Crippen LogP contribution < -0.4 is 4.90 Å². The van der Waals surface area contributed by atoms with Crippen molar-refractivity contribution < 1.29 is 9.53 Å². The molecule has 0 aromatic carbocycles. The molecular formula is C16H22ClN3O2. The number of ether oxygens (including phenoxy) is 1. The van der Waals surface area contributed by atoms with E-state index in [1.54, 1.807) is 0 Å². The average molecular weight is 324 g/mol. The van der Waals surface area contributed by atoms with E-state index in [1.165, 1.54) is 4.90 Å². The molecule has 5 nitrogen and oxygen atoms in total. The summed E-state index contributed by atoms with van der Waals surface area (Å²) >= 11 is 6.29. The maximum atomic E-state index is 12.5.